The van der Waals surface area contributed by atoms with Gasteiger partial charge in [0.05, 0.1) is 31.6 Å². The molecule has 2 heterocycles. The molecule has 130 valence electrons. The maximum absolute atomic E-state index is 5.67. The Morgan fingerprint density at radius 2 is 2.04 bits per heavy atom. The molecule has 0 atom stereocenters. The first-order valence-electron chi connectivity index (χ1n) is 8.08. The smallest absolute Gasteiger partial charge is 0.174 e. The maximum Gasteiger partial charge on any atom is 0.174 e. The number of anilines is 1. The minimum Gasteiger partial charge on any atom is -0.492 e. The quantitative estimate of drug-likeness (QED) is 0.581. The van der Waals surface area contributed by atoms with Gasteiger partial charge in [-0.15, -0.1) is 11.3 Å². The molecule has 0 amide bonds. The summed E-state index contributed by atoms with van der Waals surface area (Å²) < 4.78 is 11.2. The summed E-state index contributed by atoms with van der Waals surface area (Å²) in [7, 11) is 0. The van der Waals surface area contributed by atoms with E-state index < -0.39 is 0 Å². The molecule has 3 aromatic rings. The van der Waals surface area contributed by atoms with Crippen LogP contribution in [0.4, 0.5) is 5.69 Å². The van der Waals surface area contributed by atoms with Crippen LogP contribution >= 0.6 is 23.6 Å². The number of thiocarbonyl (C=S) groups is 1. The average molecular weight is 373 g/mol. The van der Waals surface area contributed by atoms with Gasteiger partial charge in [0, 0.05) is 4.88 Å². The van der Waals surface area contributed by atoms with Gasteiger partial charge in [-0.25, -0.2) is 0 Å². The van der Waals surface area contributed by atoms with Crippen LogP contribution in [0.2, 0.25) is 0 Å². The van der Waals surface area contributed by atoms with Crippen LogP contribution in [0.15, 0.2) is 64.6 Å². The lowest BCUT2D eigenvalue weighted by Gasteiger charge is -2.25. The number of hydrogen-bond donors (Lipinski definition) is 1. The Morgan fingerprint density at radius 3 is 2.76 bits per heavy atom. The number of benzene rings is 1. The van der Waals surface area contributed by atoms with Gasteiger partial charge in [-0.2, -0.15) is 0 Å². The first-order chi connectivity index (χ1) is 12.3. The van der Waals surface area contributed by atoms with Crippen molar-refractivity contribution in [3.05, 3.63) is 70.8 Å². The fourth-order valence-corrected chi connectivity index (χ4v) is 3.38. The second-order valence-corrected chi connectivity index (χ2v) is 6.79. The molecule has 2 aromatic heterocycles. The van der Waals surface area contributed by atoms with Crippen LogP contribution in [0.3, 0.4) is 0 Å². The molecule has 0 radical (unpaired) electrons. The van der Waals surface area contributed by atoms with Gasteiger partial charge in [-0.1, -0.05) is 18.2 Å². The molecule has 25 heavy (non-hydrogen) atoms. The van der Waals surface area contributed by atoms with E-state index in [1.165, 1.54) is 4.88 Å². The van der Waals surface area contributed by atoms with E-state index >= 15 is 0 Å². The lowest BCUT2D eigenvalue weighted by molar-refractivity contribution is 0.341. The van der Waals surface area contributed by atoms with Crippen molar-refractivity contribution in [1.82, 2.24) is 4.90 Å². The first-order valence-corrected chi connectivity index (χ1v) is 9.37. The molecule has 0 saturated carbocycles. The van der Waals surface area contributed by atoms with Crippen LogP contribution in [-0.4, -0.2) is 16.6 Å². The number of furan rings is 1. The summed E-state index contributed by atoms with van der Waals surface area (Å²) in [6.07, 6.45) is 1.68. The van der Waals surface area contributed by atoms with Gasteiger partial charge >= 0.3 is 0 Å². The van der Waals surface area contributed by atoms with Crippen LogP contribution in [0.5, 0.6) is 5.75 Å². The molecule has 0 aliphatic heterocycles. The molecule has 6 heteroatoms. The summed E-state index contributed by atoms with van der Waals surface area (Å²) in [5, 5.41) is 6.02. The Labute approximate surface area is 157 Å². The minimum atomic E-state index is 0.605. The number of nitrogens with zero attached hydrogens (tertiary/aromatic N) is 1. The van der Waals surface area contributed by atoms with Crippen molar-refractivity contribution in [2.75, 3.05) is 11.9 Å². The van der Waals surface area contributed by atoms with E-state index in [1.54, 1.807) is 17.6 Å². The molecule has 1 N–H and O–H groups in total. The van der Waals surface area contributed by atoms with Crippen LogP contribution in [0.25, 0.3) is 0 Å². The highest BCUT2D eigenvalue weighted by atomic mass is 32.1. The number of rotatable bonds is 7. The number of nitrogens with one attached hydrogen (secondary N) is 1. The second-order valence-electron chi connectivity index (χ2n) is 5.37. The van der Waals surface area contributed by atoms with Crippen molar-refractivity contribution in [2.24, 2.45) is 0 Å². The highest BCUT2D eigenvalue weighted by molar-refractivity contribution is 7.80. The molecule has 0 fully saturated rings. The molecule has 0 unspecified atom stereocenters. The van der Waals surface area contributed by atoms with E-state index in [4.69, 9.17) is 21.4 Å². The third-order valence-corrected chi connectivity index (χ3v) is 4.79. The van der Waals surface area contributed by atoms with Crippen molar-refractivity contribution in [2.45, 2.75) is 20.0 Å². The lowest BCUT2D eigenvalue weighted by atomic mass is 10.3. The zero-order valence-corrected chi connectivity index (χ0v) is 15.6. The molecule has 3 rings (SSSR count). The van der Waals surface area contributed by atoms with Gasteiger partial charge in [-0.05, 0) is 54.9 Å². The Balaban J connectivity index is 1.76. The summed E-state index contributed by atoms with van der Waals surface area (Å²) in [6.45, 7) is 3.90. The number of thiophene rings is 1. The second kappa shape index (κ2) is 8.69. The number of ether oxygens (including phenoxy) is 1. The highest BCUT2D eigenvalue weighted by Gasteiger charge is 2.15. The zero-order chi connectivity index (χ0) is 17.5. The molecular weight excluding hydrogens is 352 g/mol. The van der Waals surface area contributed by atoms with Gasteiger partial charge in [-0.3, -0.25) is 0 Å². The minimum absolute atomic E-state index is 0.605. The predicted octanol–water partition coefficient (Wildman–Crippen LogP) is 5.14. The third-order valence-electron chi connectivity index (χ3n) is 3.57. The topological polar surface area (TPSA) is 37.6 Å². The van der Waals surface area contributed by atoms with E-state index in [0.29, 0.717) is 18.3 Å². The number of hydrogen-bond acceptors (Lipinski definition) is 4. The van der Waals surface area contributed by atoms with E-state index in [0.717, 1.165) is 23.7 Å². The Hall–Kier alpha value is -2.31. The van der Waals surface area contributed by atoms with Gasteiger partial charge in [0.25, 0.3) is 0 Å². The van der Waals surface area contributed by atoms with Gasteiger partial charge < -0.3 is 19.4 Å². The number of para-hydroxylation sites is 2. The standard InChI is InChI=1S/C19H20N2O2S2/c1-2-22-18-10-4-3-9-17(18)20-19(24)21(13-15-7-5-11-23-15)14-16-8-6-12-25-16/h3-12H,2,13-14H2,1H3,(H,20,24). The van der Waals surface area contributed by atoms with E-state index in [-0.39, 0.29) is 0 Å². The van der Waals surface area contributed by atoms with Crippen molar-refractivity contribution in [3.8, 4) is 5.75 Å². The molecule has 0 aliphatic carbocycles. The summed E-state index contributed by atoms with van der Waals surface area (Å²) in [6, 6.07) is 15.8. The van der Waals surface area contributed by atoms with Gasteiger partial charge in [0.1, 0.15) is 11.5 Å². The third kappa shape index (κ3) is 4.84. The summed E-state index contributed by atoms with van der Waals surface area (Å²) in [4.78, 5) is 3.33. The first kappa shape index (κ1) is 17.5. The Kier molecular flexibility index (Phi) is 6.09. The SMILES string of the molecule is CCOc1ccccc1NC(=S)N(Cc1ccco1)Cc1cccs1. The fourth-order valence-electron chi connectivity index (χ4n) is 2.43. The molecular formula is C19H20N2O2S2. The highest BCUT2D eigenvalue weighted by Crippen LogP contribution is 2.25. The van der Waals surface area contributed by atoms with E-state index in [9.17, 15) is 0 Å². The van der Waals surface area contributed by atoms with Gasteiger partial charge in [0.15, 0.2) is 5.11 Å². The Bertz CT molecular complexity index is 749. The zero-order valence-electron chi connectivity index (χ0n) is 14.0. The molecule has 0 spiro atoms. The molecule has 0 saturated heterocycles. The lowest BCUT2D eigenvalue weighted by Crippen LogP contribution is -2.33. The summed E-state index contributed by atoms with van der Waals surface area (Å²) in [5.74, 6) is 1.67. The molecule has 0 bridgehead atoms. The normalized spacial score (nSPS) is 10.4. The van der Waals surface area contributed by atoms with Crippen molar-refractivity contribution in [1.29, 1.82) is 0 Å². The van der Waals surface area contributed by atoms with Crippen molar-refractivity contribution in [3.63, 3.8) is 0 Å². The van der Waals surface area contributed by atoms with Crippen LogP contribution < -0.4 is 10.1 Å². The Morgan fingerprint density at radius 1 is 1.16 bits per heavy atom. The van der Waals surface area contributed by atoms with Crippen LogP contribution in [0, 0.1) is 0 Å². The summed E-state index contributed by atoms with van der Waals surface area (Å²) >= 11 is 7.38. The van der Waals surface area contributed by atoms with E-state index in [2.05, 4.69) is 21.7 Å². The predicted molar refractivity (Wildman–Crippen MR) is 106 cm³/mol. The molecule has 4 nitrogen and oxygen atoms in total. The fraction of sp³-hybridized carbons (Fsp3) is 0.211. The van der Waals surface area contributed by atoms with Gasteiger partial charge in [0.2, 0.25) is 0 Å². The average Bonchev–Trinajstić information content (AvgIpc) is 3.30. The van der Waals surface area contributed by atoms with Crippen molar-refractivity contribution >= 4 is 34.4 Å². The van der Waals surface area contributed by atoms with Crippen LogP contribution in [0.1, 0.15) is 17.6 Å². The maximum atomic E-state index is 5.67. The van der Waals surface area contributed by atoms with E-state index in [1.807, 2.05) is 49.4 Å². The summed E-state index contributed by atoms with van der Waals surface area (Å²) in [5.41, 5.74) is 0.866. The monoisotopic (exact) mass is 372 g/mol. The van der Waals surface area contributed by atoms with Crippen LogP contribution in [-0.2, 0) is 13.1 Å². The molecule has 1 aromatic carbocycles. The largest absolute Gasteiger partial charge is 0.492 e. The van der Waals surface area contributed by atoms with Crippen molar-refractivity contribution < 1.29 is 9.15 Å². The molecule has 0 aliphatic rings.